The van der Waals surface area contributed by atoms with Gasteiger partial charge in [0.05, 0.1) is 38.6 Å². The third kappa shape index (κ3) is 22.2. The van der Waals surface area contributed by atoms with Crippen molar-refractivity contribution in [3.8, 4) is 91.0 Å². The zero-order valence-corrected chi connectivity index (χ0v) is 78.7. The van der Waals surface area contributed by atoms with Crippen molar-refractivity contribution in [1.82, 2.24) is 81.0 Å². The van der Waals surface area contributed by atoms with Gasteiger partial charge in [0, 0.05) is 120 Å². The molecule has 3 amide bonds. The summed E-state index contributed by atoms with van der Waals surface area (Å²) in [6.07, 6.45) is 34.1. The van der Waals surface area contributed by atoms with Gasteiger partial charge in [0.1, 0.15) is 70.2 Å². The Bertz CT molecular complexity index is 7110. The molecule has 0 radical (unpaired) electrons. The molecule has 8 aromatic heterocycles. The van der Waals surface area contributed by atoms with Crippen molar-refractivity contribution in [2.75, 3.05) is 37.1 Å². The van der Waals surface area contributed by atoms with E-state index in [0.29, 0.717) is 86.4 Å². The van der Waals surface area contributed by atoms with Crippen molar-refractivity contribution >= 4 is 103 Å². The number of hydrogen-bond acceptors (Lipinski definition) is 23. The number of aryl methyl sites for hydroxylation is 2. The van der Waals surface area contributed by atoms with Gasteiger partial charge in [0.25, 0.3) is 17.7 Å². The molecule has 139 heavy (non-hydrogen) atoms. The van der Waals surface area contributed by atoms with Gasteiger partial charge in [-0.3, -0.25) is 19.5 Å². The lowest BCUT2D eigenvalue weighted by molar-refractivity contribution is 0.0955. The monoisotopic (exact) mass is 1880 g/mol. The van der Waals surface area contributed by atoms with E-state index in [1.54, 1.807) is 106 Å². The molecule has 14 N–H and O–H groups in total. The van der Waals surface area contributed by atoms with Crippen LogP contribution in [0.4, 0.5) is 34.9 Å². The first-order valence-corrected chi connectivity index (χ1v) is 47.9. The third-order valence-corrected chi connectivity index (χ3v) is 26.1. The molecular formula is C108H110ClN19O11. The molecule has 5 aliphatic carbocycles. The number of benzene rings is 8. The van der Waals surface area contributed by atoms with E-state index in [-0.39, 0.29) is 65.1 Å². The Morgan fingerprint density at radius 2 is 0.871 bits per heavy atom. The number of nitrogens with one attached hydrogen (secondary N) is 10. The van der Waals surface area contributed by atoms with E-state index in [1.165, 1.54) is 31.7 Å². The lowest BCUT2D eigenvalue weighted by Gasteiger charge is -2.24. The zero-order chi connectivity index (χ0) is 96.0. The number of nitrogens with zero attached hydrogens (tertiary/aromatic N) is 9. The molecule has 0 saturated heterocycles. The van der Waals surface area contributed by atoms with Crippen molar-refractivity contribution in [3.05, 3.63) is 274 Å². The summed E-state index contributed by atoms with van der Waals surface area (Å²) in [5.74, 6) is 4.62. The van der Waals surface area contributed by atoms with Gasteiger partial charge in [-0.2, -0.15) is 40.0 Å². The number of allylic oxidation sites excluding steroid dienone is 1. The molecule has 0 unspecified atom stereocenters. The van der Waals surface area contributed by atoms with Crippen LogP contribution in [0, 0.1) is 6.92 Å². The van der Waals surface area contributed by atoms with E-state index >= 15 is 0 Å². The molecule has 4 fully saturated rings. The number of fused-ring (bicyclic) bond motifs is 4. The molecule has 8 heterocycles. The van der Waals surface area contributed by atoms with Crippen LogP contribution in [0.25, 0.3) is 83.2 Å². The number of H-pyrrole nitrogens is 4. The SMILES string of the molecule is CCc1cc(C(=O)NC)ccc1Nc1nc(OC2CCCC2)c2c(-c3ccc(O)cc3)c[nH]c2n1.CNC(=O)c1ccc(Nc2nc(OC3CCCC3)c3c(-c4ccc(O)cc4)c[nH]c3n2)c(C)c1.CNC(=O)c1ccc(Nc2nc(OC3CCCCC3)c3c(-c4ccc(O)cc4Cl)c[nH]c3n2)cc1.Oc1ccc(C2=CCc3nc(Cc4cccc(-c5cn[nH]c5)c4)nc(OC4CCCCC4)c32)cc1. The first-order valence-electron chi connectivity index (χ1n) is 47.5. The Hall–Kier alpha value is -15.9. The number of halogens is 1. The third-order valence-electron chi connectivity index (χ3n) is 25.8. The predicted molar refractivity (Wildman–Crippen MR) is 540 cm³/mol. The number of carbonyl (C=O) groups is 3. The predicted octanol–water partition coefficient (Wildman–Crippen LogP) is 22.0. The highest BCUT2D eigenvalue weighted by atomic mass is 35.5. The van der Waals surface area contributed by atoms with Gasteiger partial charge >= 0.3 is 0 Å². The summed E-state index contributed by atoms with van der Waals surface area (Å²) in [5.41, 5.74) is 20.7. The number of phenolic OH excluding ortho intramolecular Hbond substituents is 4. The highest BCUT2D eigenvalue weighted by Gasteiger charge is 2.31. The van der Waals surface area contributed by atoms with E-state index in [2.05, 4.69) is 92.4 Å². The Labute approximate surface area is 808 Å². The molecule has 8 aromatic carbocycles. The number of aromatic amines is 4. The minimum Gasteiger partial charge on any atom is -0.508 e. The second-order valence-corrected chi connectivity index (χ2v) is 35.7. The average molecular weight is 1890 g/mol. The Morgan fingerprint density at radius 1 is 0.417 bits per heavy atom. The maximum absolute atomic E-state index is 12.1. The minimum absolute atomic E-state index is 0.0829. The normalized spacial score (nSPS) is 14.3. The maximum Gasteiger partial charge on any atom is 0.251 e. The molecule has 0 bridgehead atoms. The van der Waals surface area contributed by atoms with Gasteiger partial charge in [-0.15, -0.1) is 0 Å². The van der Waals surface area contributed by atoms with E-state index in [4.69, 9.17) is 65.4 Å². The second kappa shape index (κ2) is 43.0. The molecule has 30 nitrogen and oxygen atoms in total. The van der Waals surface area contributed by atoms with Gasteiger partial charge < -0.3 is 86.2 Å². The highest BCUT2D eigenvalue weighted by Crippen LogP contribution is 2.45. The fourth-order valence-electron chi connectivity index (χ4n) is 18.5. The molecule has 710 valence electrons. The largest absolute Gasteiger partial charge is 0.508 e. The highest BCUT2D eigenvalue weighted by molar-refractivity contribution is 6.34. The minimum atomic E-state index is -0.149. The van der Waals surface area contributed by atoms with Crippen LogP contribution in [-0.2, 0) is 19.3 Å². The fourth-order valence-corrected chi connectivity index (χ4v) is 18.8. The lowest BCUT2D eigenvalue weighted by atomic mass is 9.97. The van der Waals surface area contributed by atoms with Gasteiger partial charge in [-0.05, 0) is 276 Å². The van der Waals surface area contributed by atoms with Gasteiger partial charge in [0.2, 0.25) is 41.4 Å². The molecule has 0 aliphatic heterocycles. The zero-order valence-electron chi connectivity index (χ0n) is 77.9. The van der Waals surface area contributed by atoms with Crippen LogP contribution in [0.3, 0.4) is 0 Å². The summed E-state index contributed by atoms with van der Waals surface area (Å²) >= 11 is 6.45. The summed E-state index contributed by atoms with van der Waals surface area (Å²) in [6, 6.07) is 52.8. The molecule has 5 aliphatic rings. The van der Waals surface area contributed by atoms with Crippen molar-refractivity contribution in [1.29, 1.82) is 0 Å². The number of aromatic hydroxyl groups is 4. The fraction of sp³-hybridized carbons (Fsp3) is 0.278. The molecule has 31 heteroatoms. The van der Waals surface area contributed by atoms with E-state index in [9.17, 15) is 34.8 Å². The average Bonchev–Trinajstić information content (AvgIpc) is 1.66. The molecule has 16 aromatic rings. The summed E-state index contributed by atoms with van der Waals surface area (Å²) in [4.78, 5) is 83.9. The van der Waals surface area contributed by atoms with Crippen LogP contribution >= 0.6 is 11.6 Å². The summed E-state index contributed by atoms with van der Waals surface area (Å²) < 4.78 is 25.8. The van der Waals surface area contributed by atoms with Crippen LogP contribution in [-0.4, -0.2) is 149 Å². The molecule has 21 rings (SSSR count). The quantitative estimate of drug-likeness (QED) is 0.0253. The standard InChI is InChI=1S/C29H28N4O2.C27H29N5O3.C26H26ClN5O3.C26H27N5O3/c34-23-11-9-20(10-12-23)25-13-14-26-28(25)29(35-24-7-2-1-3-8-24)33-27(32-26)16-19-5-4-6-21(15-19)22-17-30-31-18-22;1-3-16-14-18(25(34)28-2)10-13-22(16)30-27-31-24-23(26(32-27)35-20-6-4-5-7-20)21(15-29-24)17-8-11-19(33)12-9-17;1-28-24(34)15-7-9-16(10-8-15)30-26-31-23-22(25(32-26)35-18-5-3-2-4-6-18)20(14-29-23)19-12-11-17(33)13-21(19)27;1-15-13-17(24(33)27-2)9-12-21(15)29-26-30-23-22(25(31-26)34-19-5-3-4-6-19)20(14-28-23)16-7-10-18(32)11-8-16/h4-6,9-13,15,17-18,24,34H,1-3,7-8,14,16H2,(H,30,31);8-15,20,33H,3-7H2,1-2H3,(H,28,34)(H2,29,30,31,32);7-14,18,33H,2-6H2,1H3,(H,28,34)(H2,29,30,31,32);7-14,19,32H,3-6H2,1-2H3,(H,27,33)(H2,28,29,30,31). The lowest BCUT2D eigenvalue weighted by Crippen LogP contribution is -2.21. The number of rotatable bonds is 25. The number of anilines is 6. The number of aromatic nitrogens is 13. The first kappa shape index (κ1) is 93.5. The Balaban J connectivity index is 0.000000123. The van der Waals surface area contributed by atoms with E-state index < -0.39 is 0 Å². The number of amides is 3. The van der Waals surface area contributed by atoms with Gasteiger partial charge in [0.15, 0.2) is 0 Å². The summed E-state index contributed by atoms with van der Waals surface area (Å²) in [7, 11) is 4.83. The number of hydrogen-bond donors (Lipinski definition) is 14. The van der Waals surface area contributed by atoms with Crippen molar-refractivity contribution in [2.24, 2.45) is 0 Å². The number of phenols is 4. The van der Waals surface area contributed by atoms with Crippen molar-refractivity contribution in [2.45, 2.75) is 173 Å². The van der Waals surface area contributed by atoms with Crippen LogP contribution in [0.1, 0.15) is 193 Å². The Morgan fingerprint density at radius 3 is 1.37 bits per heavy atom. The van der Waals surface area contributed by atoms with E-state index in [0.717, 1.165) is 225 Å². The summed E-state index contributed by atoms with van der Waals surface area (Å²) in [5, 5.41) is 66.4. The summed E-state index contributed by atoms with van der Waals surface area (Å²) in [6.45, 7) is 3.97. The number of ether oxygens (including phenoxy) is 4. The van der Waals surface area contributed by atoms with Crippen LogP contribution in [0.2, 0.25) is 5.02 Å². The van der Waals surface area contributed by atoms with Crippen LogP contribution in [0.15, 0.2) is 213 Å². The Kier molecular flexibility index (Phi) is 29.0. The second-order valence-electron chi connectivity index (χ2n) is 35.3. The first-order chi connectivity index (χ1) is 67.8. The van der Waals surface area contributed by atoms with Crippen molar-refractivity contribution < 1.29 is 53.8 Å². The van der Waals surface area contributed by atoms with Crippen LogP contribution in [0.5, 0.6) is 46.5 Å². The molecule has 4 saturated carbocycles. The van der Waals surface area contributed by atoms with Gasteiger partial charge in [-0.1, -0.05) is 98.1 Å². The van der Waals surface area contributed by atoms with E-state index in [1.807, 2.05) is 105 Å². The van der Waals surface area contributed by atoms with Crippen molar-refractivity contribution in [3.63, 3.8) is 0 Å². The molecule has 0 atom stereocenters. The topological polar surface area (TPSA) is 420 Å². The maximum atomic E-state index is 12.1. The van der Waals surface area contributed by atoms with Crippen LogP contribution < -0.4 is 50.8 Å². The van der Waals surface area contributed by atoms with Gasteiger partial charge in [-0.25, -0.2) is 4.98 Å². The molecule has 0 spiro atoms. The smallest absolute Gasteiger partial charge is 0.251 e. The number of carbonyl (C=O) groups excluding carboxylic acids is 3. The molecular weight excluding hydrogens is 1770 g/mol.